The number of carbonyl (C=O) groups excluding carboxylic acids is 4. The molecule has 54 heavy (non-hydrogen) atoms. The standard InChI is InChI=1S/C39H45ClF2N4O7S/c1-7-52-37(50)38-19-23(38)12-10-8-9-11-15-45(5)34(47)26-16-24(17-27(26)35(48)46(38)36(49)39(40,41)42)53-31-18-28(33-44-29(20-54-33)21(2)3)43-32-22(4)30(51-6)14-13-25(31)32/h10,12-14,18,20-21,23-24,26-27H,7-9,11,15-17,19H2,1-6H3/b12-10-/t23-,24+,26-,27-,38-/m1/s1. The summed E-state index contributed by atoms with van der Waals surface area (Å²) in [6.07, 6.45) is 4.50. The Morgan fingerprint density at radius 1 is 1.11 bits per heavy atom. The van der Waals surface area contributed by atoms with Crippen molar-refractivity contribution in [1.82, 2.24) is 19.8 Å². The molecule has 11 nitrogen and oxygen atoms in total. The highest BCUT2D eigenvalue weighted by molar-refractivity contribution is 7.13. The van der Waals surface area contributed by atoms with Crippen LogP contribution in [0, 0.1) is 24.7 Å². The van der Waals surface area contributed by atoms with Gasteiger partial charge in [0.25, 0.3) is 0 Å². The van der Waals surface area contributed by atoms with Crippen molar-refractivity contribution in [2.24, 2.45) is 17.8 Å². The molecule has 3 aliphatic rings. The molecule has 290 valence electrons. The summed E-state index contributed by atoms with van der Waals surface area (Å²) < 4.78 is 47.2. The lowest BCUT2D eigenvalue weighted by atomic mass is 9.91. The van der Waals surface area contributed by atoms with E-state index in [1.807, 2.05) is 32.2 Å². The van der Waals surface area contributed by atoms with Crippen LogP contribution in [-0.2, 0) is 23.9 Å². The fourth-order valence-electron chi connectivity index (χ4n) is 7.67. The number of allylic oxidation sites excluding steroid dienone is 1. The Labute approximate surface area is 322 Å². The van der Waals surface area contributed by atoms with E-state index in [4.69, 9.17) is 35.8 Å². The van der Waals surface area contributed by atoms with Gasteiger partial charge in [-0.3, -0.25) is 19.3 Å². The van der Waals surface area contributed by atoms with Crippen LogP contribution in [0.25, 0.3) is 21.6 Å². The number of nitrogens with zero attached hydrogens (tertiary/aromatic N) is 4. The molecule has 0 radical (unpaired) electrons. The number of halogens is 3. The van der Waals surface area contributed by atoms with Crippen molar-refractivity contribution in [3.8, 4) is 22.2 Å². The molecule has 2 saturated carbocycles. The number of pyridine rings is 1. The van der Waals surface area contributed by atoms with Crippen molar-refractivity contribution in [2.45, 2.75) is 89.2 Å². The van der Waals surface area contributed by atoms with Crippen LogP contribution in [0.1, 0.15) is 76.5 Å². The molecule has 0 bridgehead atoms. The lowest BCUT2D eigenvalue weighted by molar-refractivity contribution is -0.172. The molecule has 0 unspecified atom stereocenters. The first-order chi connectivity index (χ1) is 25.6. The van der Waals surface area contributed by atoms with Gasteiger partial charge in [0, 0.05) is 41.9 Å². The smallest absolute Gasteiger partial charge is 0.400 e. The number of hydrogen-bond donors (Lipinski definition) is 0. The Bertz CT molecular complexity index is 1980. The van der Waals surface area contributed by atoms with E-state index in [0.717, 1.165) is 11.3 Å². The monoisotopic (exact) mass is 786 g/mol. The number of aryl methyl sites for hydroxylation is 1. The van der Waals surface area contributed by atoms with E-state index in [-0.39, 0.29) is 37.7 Å². The normalized spacial score (nSPS) is 25.6. The van der Waals surface area contributed by atoms with Gasteiger partial charge in [0.15, 0.2) is 5.54 Å². The zero-order chi connectivity index (χ0) is 39.1. The van der Waals surface area contributed by atoms with E-state index in [2.05, 4.69) is 0 Å². The number of esters is 1. The molecule has 2 fully saturated rings. The molecule has 1 aromatic carbocycles. The Hall–Kier alpha value is -4.17. The SMILES string of the molecule is CCOC(=O)[C@@]12C[C@H]1/C=C\CCCCN(C)C(=O)[C@@H]1C[C@H](Oc3cc(-c4nc(C(C)C)cs4)nc4c(C)c(OC)ccc34)C[C@H]1C(=O)N2C(=O)C(F)(F)Cl. The highest BCUT2D eigenvalue weighted by Crippen LogP contribution is 2.54. The average molecular weight is 787 g/mol. The third-order valence-electron chi connectivity index (χ3n) is 10.7. The second-order valence-electron chi connectivity index (χ2n) is 14.6. The molecular weight excluding hydrogens is 742 g/mol. The lowest BCUT2D eigenvalue weighted by Gasteiger charge is -2.34. The van der Waals surface area contributed by atoms with Gasteiger partial charge in [0.2, 0.25) is 11.8 Å². The van der Waals surface area contributed by atoms with Crippen molar-refractivity contribution in [3.05, 3.63) is 47.0 Å². The molecule has 3 aromatic rings. The maximum absolute atomic E-state index is 14.8. The number of hydrogen-bond acceptors (Lipinski definition) is 10. The molecule has 0 N–H and O–H groups in total. The number of amides is 3. The number of imide groups is 1. The second-order valence-corrected chi connectivity index (χ2v) is 15.9. The molecule has 3 heterocycles. The van der Waals surface area contributed by atoms with E-state index in [9.17, 15) is 28.0 Å². The zero-order valence-corrected chi connectivity index (χ0v) is 32.8. The van der Waals surface area contributed by atoms with Crippen LogP contribution in [0.5, 0.6) is 11.5 Å². The number of benzene rings is 1. The maximum atomic E-state index is 14.8. The van der Waals surface area contributed by atoms with Crippen molar-refractivity contribution >= 4 is 57.5 Å². The minimum Gasteiger partial charge on any atom is -0.496 e. The maximum Gasteiger partial charge on any atom is 0.400 e. The molecule has 0 spiro atoms. The molecule has 5 atom stereocenters. The van der Waals surface area contributed by atoms with E-state index in [1.54, 1.807) is 45.4 Å². The van der Waals surface area contributed by atoms with Gasteiger partial charge < -0.3 is 19.1 Å². The number of alkyl halides is 3. The molecule has 1 aliphatic heterocycles. The number of methoxy groups -OCH3 is 1. The third kappa shape index (κ3) is 7.43. The van der Waals surface area contributed by atoms with Gasteiger partial charge in [-0.05, 0) is 82.0 Å². The highest BCUT2D eigenvalue weighted by atomic mass is 35.5. The Kier molecular flexibility index (Phi) is 11.4. The number of fused-ring (bicyclic) bond motifs is 3. The van der Waals surface area contributed by atoms with Crippen molar-refractivity contribution < 1.29 is 42.2 Å². The summed E-state index contributed by atoms with van der Waals surface area (Å²) >= 11 is 6.77. The van der Waals surface area contributed by atoms with Crippen LogP contribution >= 0.6 is 22.9 Å². The molecular formula is C39H45ClF2N4O7S. The molecule has 2 aliphatic carbocycles. The summed E-state index contributed by atoms with van der Waals surface area (Å²) in [6.45, 7) is 7.82. The largest absolute Gasteiger partial charge is 0.496 e. The van der Waals surface area contributed by atoms with E-state index < -0.39 is 52.6 Å². The van der Waals surface area contributed by atoms with Crippen LogP contribution < -0.4 is 9.47 Å². The average Bonchev–Trinajstić information content (AvgIpc) is 3.42. The zero-order valence-electron chi connectivity index (χ0n) is 31.2. The van der Waals surface area contributed by atoms with Crippen LogP contribution in [0.3, 0.4) is 0 Å². The summed E-state index contributed by atoms with van der Waals surface area (Å²) in [4.78, 5) is 67.6. The molecule has 6 rings (SSSR count). The van der Waals surface area contributed by atoms with E-state index >= 15 is 0 Å². The van der Waals surface area contributed by atoms with Crippen molar-refractivity contribution in [1.29, 1.82) is 0 Å². The summed E-state index contributed by atoms with van der Waals surface area (Å²) in [6, 6.07) is 5.38. The van der Waals surface area contributed by atoms with Gasteiger partial charge in [-0.1, -0.05) is 26.0 Å². The first-order valence-corrected chi connectivity index (χ1v) is 19.5. The quantitative estimate of drug-likeness (QED) is 0.132. The lowest BCUT2D eigenvalue weighted by Crippen LogP contribution is -2.58. The van der Waals surface area contributed by atoms with Crippen molar-refractivity contribution in [2.75, 3.05) is 27.3 Å². The predicted molar refractivity (Wildman–Crippen MR) is 200 cm³/mol. The van der Waals surface area contributed by atoms with Crippen molar-refractivity contribution in [3.63, 3.8) is 0 Å². The number of rotatable bonds is 8. The number of thiazole rings is 1. The first kappa shape index (κ1) is 39.5. The highest BCUT2D eigenvalue weighted by Gasteiger charge is 2.70. The van der Waals surface area contributed by atoms with E-state index in [1.165, 1.54) is 16.2 Å². The summed E-state index contributed by atoms with van der Waals surface area (Å²) in [5.74, 6) is -6.38. The molecule has 3 amide bonds. The van der Waals surface area contributed by atoms with Gasteiger partial charge in [-0.15, -0.1) is 11.3 Å². The Morgan fingerprint density at radius 3 is 2.48 bits per heavy atom. The number of ether oxygens (including phenoxy) is 3. The fourth-order valence-corrected chi connectivity index (χ4v) is 8.69. The van der Waals surface area contributed by atoms with Crippen LogP contribution in [0.4, 0.5) is 8.78 Å². The first-order valence-electron chi connectivity index (χ1n) is 18.3. The molecule has 2 aromatic heterocycles. The van der Waals surface area contributed by atoms with Gasteiger partial charge in [-0.25, -0.2) is 14.8 Å². The van der Waals surface area contributed by atoms with Gasteiger partial charge in [0.1, 0.15) is 28.3 Å². The summed E-state index contributed by atoms with van der Waals surface area (Å²) in [5, 5.41) is -1.21. The fraction of sp³-hybridized carbons (Fsp3) is 0.538. The summed E-state index contributed by atoms with van der Waals surface area (Å²) in [7, 11) is 3.20. The number of aromatic nitrogens is 2. The van der Waals surface area contributed by atoms with Gasteiger partial charge in [0.05, 0.1) is 36.8 Å². The van der Waals surface area contributed by atoms with Crippen LogP contribution in [-0.4, -0.2) is 87.8 Å². The second kappa shape index (κ2) is 15.5. The third-order valence-corrected chi connectivity index (χ3v) is 11.7. The Balaban J connectivity index is 1.44. The van der Waals surface area contributed by atoms with Crippen LogP contribution in [0.15, 0.2) is 35.7 Å². The van der Waals surface area contributed by atoms with Gasteiger partial charge in [-0.2, -0.15) is 8.78 Å². The minimum atomic E-state index is -4.52. The Morgan fingerprint density at radius 2 is 1.83 bits per heavy atom. The van der Waals surface area contributed by atoms with E-state index in [0.29, 0.717) is 63.8 Å². The topological polar surface area (TPSA) is 128 Å². The van der Waals surface area contributed by atoms with Crippen LogP contribution in [0.2, 0.25) is 0 Å². The number of carbonyl (C=O) groups is 4. The summed E-state index contributed by atoms with van der Waals surface area (Å²) in [5.41, 5.74) is 0.811. The predicted octanol–water partition coefficient (Wildman–Crippen LogP) is 7.28. The van der Waals surface area contributed by atoms with Gasteiger partial charge >= 0.3 is 17.3 Å². The molecule has 15 heteroatoms. The minimum absolute atomic E-state index is 0.0393. The molecule has 0 saturated heterocycles.